The Balaban J connectivity index is 2.12. The molecule has 0 bridgehead atoms. The number of halogens is 1. The summed E-state index contributed by atoms with van der Waals surface area (Å²) in [6.45, 7) is 0. The van der Waals surface area contributed by atoms with Gasteiger partial charge in [-0.05, 0) is 25.0 Å². The fourth-order valence-corrected chi connectivity index (χ4v) is 3.68. The van der Waals surface area contributed by atoms with Crippen LogP contribution in [0.25, 0.3) is 0 Å². The van der Waals surface area contributed by atoms with Crippen LogP contribution in [0.3, 0.4) is 0 Å². The Hall–Kier alpha value is -0.650. The largest absolute Gasteiger partial charge is 0.263 e. The minimum Gasteiger partial charge on any atom is -0.263 e. The number of hydrogen-bond acceptors (Lipinski definition) is 3. The number of rotatable bonds is 3. The summed E-state index contributed by atoms with van der Waals surface area (Å²) in [5.74, 6) is 0. The first kappa shape index (κ1) is 12.8. The smallest absolute Gasteiger partial charge is 0.242 e. The van der Waals surface area contributed by atoms with Crippen molar-refractivity contribution in [2.24, 2.45) is 0 Å². The molecule has 1 saturated carbocycles. The molecule has 4 nitrogen and oxygen atoms in total. The van der Waals surface area contributed by atoms with E-state index in [-0.39, 0.29) is 16.3 Å². The molecule has 0 saturated heterocycles. The molecule has 94 valence electrons. The summed E-state index contributed by atoms with van der Waals surface area (Å²) in [4.78, 5) is 4.00. The molecule has 6 heteroatoms. The van der Waals surface area contributed by atoms with Crippen molar-refractivity contribution in [1.29, 1.82) is 0 Å². The average molecular weight is 275 g/mol. The summed E-state index contributed by atoms with van der Waals surface area (Å²) >= 11 is 6.13. The van der Waals surface area contributed by atoms with Crippen LogP contribution in [0.2, 0.25) is 0 Å². The quantitative estimate of drug-likeness (QED) is 0.857. The minimum atomic E-state index is -3.49. The van der Waals surface area contributed by atoms with Gasteiger partial charge in [0.15, 0.2) is 0 Å². The highest BCUT2D eigenvalue weighted by Gasteiger charge is 2.28. The van der Waals surface area contributed by atoms with Crippen molar-refractivity contribution in [2.75, 3.05) is 0 Å². The zero-order valence-electron chi connectivity index (χ0n) is 9.34. The minimum absolute atomic E-state index is 0.116. The van der Waals surface area contributed by atoms with E-state index in [9.17, 15) is 8.42 Å². The van der Waals surface area contributed by atoms with Gasteiger partial charge >= 0.3 is 0 Å². The lowest BCUT2D eigenvalue weighted by atomic mass is 9.96. The predicted molar refractivity (Wildman–Crippen MR) is 66.5 cm³/mol. The zero-order chi connectivity index (χ0) is 12.3. The van der Waals surface area contributed by atoms with Crippen molar-refractivity contribution in [1.82, 2.24) is 9.71 Å². The Morgan fingerprint density at radius 2 is 2.12 bits per heavy atom. The Bertz CT molecular complexity index is 464. The van der Waals surface area contributed by atoms with E-state index in [1.807, 2.05) is 0 Å². The molecule has 0 radical (unpaired) electrons. The second kappa shape index (κ2) is 5.33. The van der Waals surface area contributed by atoms with Crippen LogP contribution in [-0.4, -0.2) is 24.8 Å². The van der Waals surface area contributed by atoms with Crippen LogP contribution in [0, 0.1) is 0 Å². The van der Waals surface area contributed by atoms with Crippen molar-refractivity contribution in [2.45, 2.75) is 42.0 Å². The SMILES string of the molecule is O=S(=O)(NC1CCCCC1Cl)c1cccnc1. The average Bonchev–Trinajstić information content (AvgIpc) is 2.33. The topological polar surface area (TPSA) is 59.1 Å². The Labute approximate surface area is 106 Å². The Kier molecular flexibility index (Phi) is 4.01. The van der Waals surface area contributed by atoms with E-state index >= 15 is 0 Å². The lowest BCUT2D eigenvalue weighted by Crippen LogP contribution is -2.42. The number of sulfonamides is 1. The monoisotopic (exact) mass is 274 g/mol. The van der Waals surface area contributed by atoms with Crippen LogP contribution in [0.1, 0.15) is 25.7 Å². The maximum atomic E-state index is 12.0. The molecule has 0 aliphatic heterocycles. The summed E-state index contributed by atoms with van der Waals surface area (Å²) in [5, 5.41) is -0.116. The highest BCUT2D eigenvalue weighted by atomic mass is 35.5. The molecule has 1 heterocycles. The predicted octanol–water partition coefficient (Wildman–Crippen LogP) is 1.91. The standard InChI is InChI=1S/C11H15ClN2O2S/c12-10-5-1-2-6-11(10)14-17(15,16)9-4-3-7-13-8-9/h3-4,7-8,10-11,14H,1-2,5-6H2. The maximum Gasteiger partial charge on any atom is 0.242 e. The molecule has 1 fully saturated rings. The molecular weight excluding hydrogens is 260 g/mol. The van der Waals surface area contributed by atoms with E-state index in [0.717, 1.165) is 25.7 Å². The van der Waals surface area contributed by atoms with E-state index < -0.39 is 10.0 Å². The second-order valence-corrected chi connectivity index (χ2v) is 6.49. The van der Waals surface area contributed by atoms with Gasteiger partial charge in [-0.1, -0.05) is 12.8 Å². The molecular formula is C11H15ClN2O2S. The molecule has 1 aromatic heterocycles. The number of nitrogens with one attached hydrogen (secondary N) is 1. The summed E-state index contributed by atoms with van der Waals surface area (Å²) in [5.41, 5.74) is 0. The van der Waals surface area contributed by atoms with Gasteiger partial charge in [-0.3, -0.25) is 4.98 Å². The van der Waals surface area contributed by atoms with Crippen LogP contribution in [0.15, 0.2) is 29.4 Å². The lowest BCUT2D eigenvalue weighted by Gasteiger charge is -2.27. The van der Waals surface area contributed by atoms with Gasteiger partial charge in [-0.25, -0.2) is 13.1 Å². The van der Waals surface area contributed by atoms with E-state index in [2.05, 4.69) is 9.71 Å². The van der Waals surface area contributed by atoms with E-state index in [1.54, 1.807) is 12.3 Å². The summed E-state index contributed by atoms with van der Waals surface area (Å²) in [6.07, 6.45) is 6.64. The fraction of sp³-hybridized carbons (Fsp3) is 0.545. The molecule has 2 unspecified atom stereocenters. The first-order chi connectivity index (χ1) is 8.09. The van der Waals surface area contributed by atoms with Gasteiger partial charge in [0.05, 0.1) is 0 Å². The van der Waals surface area contributed by atoms with Gasteiger partial charge in [0.2, 0.25) is 10.0 Å². The van der Waals surface area contributed by atoms with E-state index in [4.69, 9.17) is 11.6 Å². The fourth-order valence-electron chi connectivity index (χ4n) is 1.99. The van der Waals surface area contributed by atoms with Crippen LogP contribution in [0.5, 0.6) is 0 Å². The molecule has 2 rings (SSSR count). The number of aromatic nitrogens is 1. The van der Waals surface area contributed by atoms with Gasteiger partial charge in [0.1, 0.15) is 4.90 Å². The normalized spacial score (nSPS) is 25.7. The molecule has 17 heavy (non-hydrogen) atoms. The number of alkyl halides is 1. The first-order valence-corrected chi connectivity index (χ1v) is 7.58. The Morgan fingerprint density at radius 3 is 2.76 bits per heavy atom. The van der Waals surface area contributed by atoms with Crippen LogP contribution < -0.4 is 4.72 Å². The van der Waals surface area contributed by atoms with Crippen LogP contribution in [-0.2, 0) is 10.0 Å². The van der Waals surface area contributed by atoms with E-state index in [0.29, 0.717) is 0 Å². The number of hydrogen-bond donors (Lipinski definition) is 1. The van der Waals surface area contributed by atoms with E-state index in [1.165, 1.54) is 12.3 Å². The van der Waals surface area contributed by atoms with Crippen molar-refractivity contribution in [3.8, 4) is 0 Å². The molecule has 0 spiro atoms. The van der Waals surface area contributed by atoms with Gasteiger partial charge < -0.3 is 0 Å². The van der Waals surface area contributed by atoms with Crippen LogP contribution >= 0.6 is 11.6 Å². The molecule has 1 aromatic rings. The molecule has 1 aliphatic carbocycles. The summed E-state index contributed by atoms with van der Waals surface area (Å²) in [7, 11) is -3.49. The zero-order valence-corrected chi connectivity index (χ0v) is 10.9. The maximum absolute atomic E-state index is 12.0. The van der Waals surface area contributed by atoms with Crippen molar-refractivity contribution >= 4 is 21.6 Å². The molecule has 0 aromatic carbocycles. The third-order valence-corrected chi connectivity index (χ3v) is 4.93. The summed E-state index contributed by atoms with van der Waals surface area (Å²) < 4.78 is 26.7. The second-order valence-electron chi connectivity index (χ2n) is 4.22. The molecule has 1 N–H and O–H groups in total. The van der Waals surface area contributed by atoms with Gasteiger partial charge in [0, 0.05) is 23.8 Å². The number of pyridine rings is 1. The Morgan fingerprint density at radius 1 is 1.35 bits per heavy atom. The number of nitrogens with zero attached hydrogens (tertiary/aromatic N) is 1. The van der Waals surface area contributed by atoms with Gasteiger partial charge in [-0.2, -0.15) is 0 Å². The van der Waals surface area contributed by atoms with Gasteiger partial charge in [0.25, 0.3) is 0 Å². The van der Waals surface area contributed by atoms with Crippen LogP contribution in [0.4, 0.5) is 0 Å². The third-order valence-electron chi connectivity index (χ3n) is 2.93. The first-order valence-electron chi connectivity index (χ1n) is 5.66. The molecule has 2 atom stereocenters. The van der Waals surface area contributed by atoms with Gasteiger partial charge in [-0.15, -0.1) is 11.6 Å². The third kappa shape index (κ3) is 3.18. The molecule has 1 aliphatic rings. The highest BCUT2D eigenvalue weighted by Crippen LogP contribution is 2.24. The van der Waals surface area contributed by atoms with Crippen molar-refractivity contribution in [3.05, 3.63) is 24.5 Å². The summed E-state index contributed by atoms with van der Waals surface area (Å²) in [6, 6.07) is 2.96. The highest BCUT2D eigenvalue weighted by molar-refractivity contribution is 7.89. The lowest BCUT2D eigenvalue weighted by molar-refractivity contribution is 0.418. The van der Waals surface area contributed by atoms with Crippen molar-refractivity contribution in [3.63, 3.8) is 0 Å². The molecule has 0 amide bonds. The van der Waals surface area contributed by atoms with Crippen molar-refractivity contribution < 1.29 is 8.42 Å².